The minimum Gasteiger partial charge on any atom is -0.322 e. The van der Waals surface area contributed by atoms with E-state index in [4.69, 9.17) is 0 Å². The Morgan fingerprint density at radius 1 is 1.06 bits per heavy atom. The molecule has 1 aliphatic heterocycles. The van der Waals surface area contributed by atoms with Gasteiger partial charge < -0.3 is 5.32 Å². The van der Waals surface area contributed by atoms with Gasteiger partial charge in [-0.15, -0.1) is 11.8 Å². The smallest absolute Gasteiger partial charge is 0.270 e. The number of nitrogens with one attached hydrogen (secondary N) is 1. The number of nitro groups is 1. The first-order chi connectivity index (χ1) is 15.8. The number of nitro benzene ring substituents is 1. The average Bonchev–Trinajstić information content (AvgIpc) is 3.08. The highest BCUT2D eigenvalue weighted by molar-refractivity contribution is 8.00. The van der Waals surface area contributed by atoms with Gasteiger partial charge in [0.15, 0.2) is 0 Å². The van der Waals surface area contributed by atoms with Crippen molar-refractivity contribution in [2.24, 2.45) is 0 Å². The molecule has 1 aliphatic rings. The molecule has 1 unspecified atom stereocenters. The van der Waals surface area contributed by atoms with Crippen molar-refractivity contribution in [1.29, 1.82) is 0 Å². The number of benzene rings is 3. The molecule has 1 N–H and O–H groups in total. The molecule has 4 rings (SSSR count). The number of amides is 3. The number of imide groups is 1. The van der Waals surface area contributed by atoms with Gasteiger partial charge in [0.25, 0.3) is 11.6 Å². The molecule has 1 heterocycles. The number of aryl methyl sites for hydroxylation is 1. The highest BCUT2D eigenvalue weighted by Gasteiger charge is 2.40. The lowest BCUT2D eigenvalue weighted by Gasteiger charge is -2.15. The summed E-state index contributed by atoms with van der Waals surface area (Å²) in [7, 11) is 0. The van der Waals surface area contributed by atoms with Gasteiger partial charge in [0.2, 0.25) is 11.8 Å². The molecule has 3 aromatic rings. The lowest BCUT2D eigenvalue weighted by Crippen LogP contribution is -2.31. The molecule has 0 bridgehead atoms. The topological polar surface area (TPSA) is 110 Å². The third-order valence-electron chi connectivity index (χ3n) is 5.11. The lowest BCUT2D eigenvalue weighted by atomic mass is 10.2. The Hall–Kier alpha value is -3.98. The first-order valence-electron chi connectivity index (χ1n) is 10.1. The summed E-state index contributed by atoms with van der Waals surface area (Å²) in [5.74, 6) is -0.955. The Morgan fingerprint density at radius 3 is 2.42 bits per heavy atom. The molecule has 166 valence electrons. The van der Waals surface area contributed by atoms with Gasteiger partial charge in [-0.1, -0.05) is 23.8 Å². The van der Waals surface area contributed by atoms with E-state index in [1.54, 1.807) is 36.4 Å². The molecule has 8 nitrogen and oxygen atoms in total. The molecule has 0 radical (unpaired) electrons. The van der Waals surface area contributed by atoms with Crippen molar-refractivity contribution >= 4 is 46.5 Å². The van der Waals surface area contributed by atoms with Crippen LogP contribution in [-0.4, -0.2) is 27.9 Å². The van der Waals surface area contributed by atoms with Crippen LogP contribution in [0.2, 0.25) is 0 Å². The van der Waals surface area contributed by atoms with E-state index < -0.39 is 16.1 Å². The molecule has 9 heteroatoms. The van der Waals surface area contributed by atoms with Gasteiger partial charge in [0, 0.05) is 34.7 Å². The lowest BCUT2D eigenvalue weighted by molar-refractivity contribution is -0.384. The van der Waals surface area contributed by atoms with Crippen LogP contribution in [0, 0.1) is 17.0 Å². The van der Waals surface area contributed by atoms with Crippen molar-refractivity contribution in [2.45, 2.75) is 23.5 Å². The summed E-state index contributed by atoms with van der Waals surface area (Å²) >= 11 is 1.29. The molecular formula is C24H19N3O5S. The van der Waals surface area contributed by atoms with Gasteiger partial charge >= 0.3 is 0 Å². The molecule has 1 fully saturated rings. The van der Waals surface area contributed by atoms with E-state index in [-0.39, 0.29) is 29.5 Å². The van der Waals surface area contributed by atoms with Crippen LogP contribution in [0.1, 0.15) is 22.3 Å². The first kappa shape index (κ1) is 22.2. The van der Waals surface area contributed by atoms with Crippen LogP contribution in [0.3, 0.4) is 0 Å². The zero-order valence-corrected chi connectivity index (χ0v) is 18.4. The number of hydrogen-bond acceptors (Lipinski definition) is 6. The average molecular weight is 461 g/mol. The molecule has 0 spiro atoms. The summed E-state index contributed by atoms with van der Waals surface area (Å²) in [6.07, 6.45) is 0.114. The van der Waals surface area contributed by atoms with E-state index in [9.17, 15) is 24.5 Å². The maximum atomic E-state index is 12.8. The predicted octanol–water partition coefficient (Wildman–Crippen LogP) is 4.58. The Morgan fingerprint density at radius 2 is 1.76 bits per heavy atom. The summed E-state index contributed by atoms with van der Waals surface area (Å²) in [4.78, 5) is 50.0. The number of nitrogens with zero attached hydrogens (tertiary/aromatic N) is 2. The molecule has 0 aromatic heterocycles. The second kappa shape index (κ2) is 9.25. The third-order valence-corrected chi connectivity index (χ3v) is 6.30. The molecule has 3 amide bonds. The normalized spacial score (nSPS) is 15.5. The maximum Gasteiger partial charge on any atom is 0.270 e. The second-order valence-corrected chi connectivity index (χ2v) is 8.78. The fourth-order valence-corrected chi connectivity index (χ4v) is 4.46. The molecule has 1 atom stereocenters. The second-order valence-electron chi connectivity index (χ2n) is 7.50. The van der Waals surface area contributed by atoms with E-state index in [1.165, 1.54) is 40.9 Å². The van der Waals surface area contributed by atoms with Gasteiger partial charge in [-0.3, -0.25) is 24.5 Å². The molecule has 0 saturated carbocycles. The van der Waals surface area contributed by atoms with Gasteiger partial charge in [-0.05, 0) is 49.4 Å². The summed E-state index contributed by atoms with van der Waals surface area (Å²) in [5.41, 5.74) is 2.13. The summed E-state index contributed by atoms with van der Waals surface area (Å²) in [5, 5.41) is 13.1. The van der Waals surface area contributed by atoms with Crippen LogP contribution in [0.25, 0.3) is 0 Å². The largest absolute Gasteiger partial charge is 0.322 e. The van der Waals surface area contributed by atoms with Crippen molar-refractivity contribution < 1.29 is 19.3 Å². The summed E-state index contributed by atoms with van der Waals surface area (Å²) in [6.45, 7) is 1.94. The van der Waals surface area contributed by atoms with E-state index >= 15 is 0 Å². The number of non-ortho nitro benzene ring substituents is 1. The minimum absolute atomic E-state index is 0.114. The Bertz CT molecular complexity index is 1240. The number of anilines is 2. The number of carbonyl (C=O) groups excluding carboxylic acids is 3. The maximum absolute atomic E-state index is 12.8. The van der Waals surface area contributed by atoms with E-state index in [0.717, 1.165) is 10.5 Å². The van der Waals surface area contributed by atoms with Crippen molar-refractivity contribution in [3.05, 3.63) is 94.0 Å². The molecule has 33 heavy (non-hydrogen) atoms. The van der Waals surface area contributed by atoms with E-state index in [0.29, 0.717) is 11.4 Å². The van der Waals surface area contributed by atoms with Gasteiger partial charge in [-0.2, -0.15) is 0 Å². The Kier molecular flexibility index (Phi) is 6.23. The fraction of sp³-hybridized carbons (Fsp3) is 0.125. The zero-order valence-electron chi connectivity index (χ0n) is 17.6. The van der Waals surface area contributed by atoms with Crippen molar-refractivity contribution in [1.82, 2.24) is 0 Å². The number of rotatable bonds is 6. The number of carbonyl (C=O) groups is 3. The van der Waals surface area contributed by atoms with E-state index in [1.807, 2.05) is 19.1 Å². The molecular weight excluding hydrogens is 442 g/mol. The molecule has 0 aliphatic carbocycles. The highest BCUT2D eigenvalue weighted by Crippen LogP contribution is 2.34. The standard InChI is InChI=1S/C24H19N3O5S/c1-15-5-9-18(10-6-15)26-22(28)14-21(24(26)30)33-20-11-7-17(8-12-20)25-23(29)16-3-2-4-19(13-16)27(31)32/h2-13,21H,14H2,1H3,(H,25,29). The highest BCUT2D eigenvalue weighted by atomic mass is 32.2. The summed E-state index contributed by atoms with van der Waals surface area (Å²) < 4.78 is 0. The molecule has 3 aromatic carbocycles. The first-order valence-corrected chi connectivity index (χ1v) is 11.0. The quantitative estimate of drug-likeness (QED) is 0.327. The Balaban J connectivity index is 1.40. The van der Waals surface area contributed by atoms with Crippen LogP contribution >= 0.6 is 11.8 Å². The van der Waals surface area contributed by atoms with Crippen LogP contribution in [0.15, 0.2) is 77.7 Å². The SMILES string of the molecule is Cc1ccc(N2C(=O)CC(Sc3ccc(NC(=O)c4cccc([N+](=O)[O-])c4)cc3)C2=O)cc1. The van der Waals surface area contributed by atoms with Gasteiger partial charge in [-0.25, -0.2) is 4.90 Å². The molecule has 1 saturated heterocycles. The number of thioether (sulfide) groups is 1. The third kappa shape index (κ3) is 4.93. The zero-order chi connectivity index (χ0) is 23.5. The van der Waals surface area contributed by atoms with Crippen LogP contribution in [-0.2, 0) is 9.59 Å². The Labute approximate surface area is 193 Å². The van der Waals surface area contributed by atoms with Gasteiger partial charge in [0.1, 0.15) is 0 Å². The fourth-order valence-electron chi connectivity index (χ4n) is 3.41. The minimum atomic E-state index is -0.558. The van der Waals surface area contributed by atoms with Gasteiger partial charge in [0.05, 0.1) is 15.9 Å². The van der Waals surface area contributed by atoms with Crippen molar-refractivity contribution in [2.75, 3.05) is 10.2 Å². The van der Waals surface area contributed by atoms with Crippen molar-refractivity contribution in [3.8, 4) is 0 Å². The monoisotopic (exact) mass is 461 g/mol. The summed E-state index contributed by atoms with van der Waals surface area (Å²) in [6, 6.07) is 19.6. The predicted molar refractivity (Wildman–Crippen MR) is 125 cm³/mol. The van der Waals surface area contributed by atoms with Crippen LogP contribution < -0.4 is 10.2 Å². The number of hydrogen-bond donors (Lipinski definition) is 1. The van der Waals surface area contributed by atoms with Crippen molar-refractivity contribution in [3.63, 3.8) is 0 Å². The van der Waals surface area contributed by atoms with Crippen LogP contribution in [0.5, 0.6) is 0 Å². The van der Waals surface area contributed by atoms with E-state index in [2.05, 4.69) is 5.32 Å². The van der Waals surface area contributed by atoms with Crippen LogP contribution in [0.4, 0.5) is 17.1 Å².